The predicted octanol–water partition coefficient (Wildman–Crippen LogP) is 8.44. The van der Waals surface area contributed by atoms with Crippen molar-refractivity contribution in [2.45, 2.75) is 72.1 Å². The average Bonchev–Trinajstić information content (AvgIpc) is 3.12. The molecule has 4 aromatic carbocycles. The molecule has 0 amide bonds. The highest BCUT2D eigenvalue weighted by Crippen LogP contribution is 2.38. The molecule has 7 nitrogen and oxygen atoms in total. The average molecular weight is 669 g/mol. The summed E-state index contributed by atoms with van der Waals surface area (Å²) in [5, 5.41) is 0. The van der Waals surface area contributed by atoms with Crippen LogP contribution in [0, 0.1) is 6.92 Å². The third-order valence-corrected chi connectivity index (χ3v) is 8.38. The van der Waals surface area contributed by atoms with Crippen LogP contribution in [0.4, 0.5) is 0 Å². The first-order valence-corrected chi connectivity index (χ1v) is 18.1. The van der Waals surface area contributed by atoms with Gasteiger partial charge in [-0.1, -0.05) is 63.1 Å². The van der Waals surface area contributed by atoms with E-state index in [-0.39, 0.29) is 0 Å². The van der Waals surface area contributed by atoms with Crippen molar-refractivity contribution in [3.05, 3.63) is 90.0 Å². The normalized spacial score (nSPS) is 11.4. The molecule has 8 N–H and O–H groups in total. The minimum atomic E-state index is 0.405. The zero-order chi connectivity index (χ0) is 35.4. The standard InChI is InChI=1S/C38H49N3O3.C4H11N/c1-4-28(3)30-18-34(23-36(22-30)42-15-5-12-39)32-19-31(29-10-8-27(2)9-11-29)20-33(21-32)35-24-37(43-16-6-13-40)26-38(25-35)44-17-7-14-41;1-2-3-4-5/h8-11,18-26,28H,4-7,12-17,39-41H2,1-3H3;2-5H2,1H3. The van der Waals surface area contributed by atoms with Crippen LogP contribution in [0.1, 0.15) is 76.3 Å². The van der Waals surface area contributed by atoms with E-state index in [9.17, 15) is 0 Å². The molecule has 0 bridgehead atoms. The maximum Gasteiger partial charge on any atom is 0.123 e. The van der Waals surface area contributed by atoms with Gasteiger partial charge in [0.2, 0.25) is 0 Å². The Bertz CT molecular complexity index is 1490. The van der Waals surface area contributed by atoms with Gasteiger partial charge in [-0.3, -0.25) is 0 Å². The van der Waals surface area contributed by atoms with Gasteiger partial charge < -0.3 is 37.1 Å². The van der Waals surface area contributed by atoms with Crippen molar-refractivity contribution in [2.24, 2.45) is 22.9 Å². The van der Waals surface area contributed by atoms with Crippen LogP contribution in [-0.2, 0) is 0 Å². The molecule has 0 aliphatic rings. The van der Waals surface area contributed by atoms with E-state index in [1.165, 1.54) is 24.0 Å². The summed E-state index contributed by atoms with van der Waals surface area (Å²) in [5.41, 5.74) is 31.5. The van der Waals surface area contributed by atoms with Crippen LogP contribution in [0.3, 0.4) is 0 Å². The van der Waals surface area contributed by atoms with Crippen molar-refractivity contribution < 1.29 is 14.2 Å². The van der Waals surface area contributed by atoms with Gasteiger partial charge in [0.05, 0.1) is 19.8 Å². The highest BCUT2D eigenvalue weighted by atomic mass is 16.5. The number of ether oxygens (including phenoxy) is 3. The van der Waals surface area contributed by atoms with Crippen molar-refractivity contribution in [2.75, 3.05) is 46.0 Å². The summed E-state index contributed by atoms with van der Waals surface area (Å²) in [6.45, 7) is 13.0. The molecule has 4 rings (SSSR count). The van der Waals surface area contributed by atoms with E-state index in [2.05, 4.69) is 100 Å². The molecule has 0 radical (unpaired) electrons. The highest BCUT2D eigenvalue weighted by Gasteiger charge is 2.14. The van der Waals surface area contributed by atoms with Crippen molar-refractivity contribution in [3.8, 4) is 50.6 Å². The zero-order valence-electron chi connectivity index (χ0n) is 30.3. The molecule has 7 heteroatoms. The van der Waals surface area contributed by atoms with Gasteiger partial charge in [0, 0.05) is 6.07 Å². The van der Waals surface area contributed by atoms with Gasteiger partial charge in [0.25, 0.3) is 0 Å². The lowest BCUT2D eigenvalue weighted by atomic mass is 9.90. The molecule has 0 aliphatic carbocycles. The van der Waals surface area contributed by atoms with Crippen molar-refractivity contribution in [3.63, 3.8) is 0 Å². The summed E-state index contributed by atoms with van der Waals surface area (Å²) in [6.07, 6.45) is 5.81. The molecular formula is C42H60N4O3. The Morgan fingerprint density at radius 3 is 1.31 bits per heavy atom. The lowest BCUT2D eigenvalue weighted by Gasteiger charge is -2.17. The van der Waals surface area contributed by atoms with Gasteiger partial charge in [-0.25, -0.2) is 0 Å². The van der Waals surface area contributed by atoms with Crippen LogP contribution in [0.15, 0.2) is 78.9 Å². The van der Waals surface area contributed by atoms with Crippen molar-refractivity contribution in [1.82, 2.24) is 0 Å². The second-order valence-corrected chi connectivity index (χ2v) is 12.6. The first kappa shape index (κ1) is 39.6. The van der Waals surface area contributed by atoms with Crippen LogP contribution >= 0.6 is 0 Å². The first-order chi connectivity index (χ1) is 23.8. The summed E-state index contributed by atoms with van der Waals surface area (Å²) in [7, 11) is 0. The third kappa shape index (κ3) is 13.2. The van der Waals surface area contributed by atoms with Gasteiger partial charge in [0.1, 0.15) is 17.2 Å². The summed E-state index contributed by atoms with van der Waals surface area (Å²) in [6, 6.07) is 28.2. The Balaban J connectivity index is 0.00000121. The number of hydrogen-bond donors (Lipinski definition) is 4. The molecule has 0 heterocycles. The second kappa shape index (κ2) is 22.0. The quantitative estimate of drug-likeness (QED) is 0.0738. The lowest BCUT2D eigenvalue weighted by molar-refractivity contribution is 0.298. The van der Waals surface area contributed by atoms with E-state index in [1.54, 1.807) is 0 Å². The van der Waals surface area contributed by atoms with E-state index < -0.39 is 0 Å². The molecule has 0 saturated carbocycles. The Kier molecular flexibility index (Phi) is 17.7. The number of aryl methyl sites for hydroxylation is 1. The van der Waals surface area contributed by atoms with E-state index in [1.807, 2.05) is 6.07 Å². The molecule has 266 valence electrons. The molecule has 0 fully saturated rings. The van der Waals surface area contributed by atoms with Crippen LogP contribution in [0.25, 0.3) is 33.4 Å². The molecule has 0 aliphatic heterocycles. The van der Waals surface area contributed by atoms with Gasteiger partial charge in [-0.15, -0.1) is 0 Å². The van der Waals surface area contributed by atoms with Crippen LogP contribution in [0.2, 0.25) is 0 Å². The number of benzene rings is 4. The van der Waals surface area contributed by atoms with E-state index in [0.717, 1.165) is 82.9 Å². The van der Waals surface area contributed by atoms with Crippen molar-refractivity contribution in [1.29, 1.82) is 0 Å². The molecule has 49 heavy (non-hydrogen) atoms. The smallest absolute Gasteiger partial charge is 0.123 e. The Morgan fingerprint density at radius 1 is 0.490 bits per heavy atom. The third-order valence-electron chi connectivity index (χ3n) is 8.38. The fourth-order valence-corrected chi connectivity index (χ4v) is 5.20. The summed E-state index contributed by atoms with van der Waals surface area (Å²) in [5.74, 6) is 2.80. The van der Waals surface area contributed by atoms with E-state index >= 15 is 0 Å². The van der Waals surface area contributed by atoms with Crippen LogP contribution in [0.5, 0.6) is 17.2 Å². The SMILES string of the molecule is CCC(C)c1cc(OCCCN)cc(-c2cc(-c3ccc(C)cc3)cc(-c3cc(OCCCN)cc(OCCCN)c3)c2)c1.CCCCN. The minimum Gasteiger partial charge on any atom is -0.494 e. The highest BCUT2D eigenvalue weighted by molar-refractivity contribution is 5.82. The molecule has 1 atom stereocenters. The Hall–Kier alpha value is -3.88. The number of unbranched alkanes of at least 4 members (excludes halogenated alkanes) is 1. The Labute approximate surface area is 295 Å². The van der Waals surface area contributed by atoms with E-state index in [0.29, 0.717) is 45.4 Å². The van der Waals surface area contributed by atoms with E-state index in [4.69, 9.17) is 37.1 Å². The second-order valence-electron chi connectivity index (χ2n) is 12.6. The Morgan fingerprint density at radius 2 is 0.898 bits per heavy atom. The summed E-state index contributed by atoms with van der Waals surface area (Å²) < 4.78 is 18.4. The van der Waals surface area contributed by atoms with Gasteiger partial charge in [-0.2, -0.15) is 0 Å². The fraction of sp³-hybridized carbons (Fsp3) is 0.429. The maximum atomic E-state index is 6.18. The topological polar surface area (TPSA) is 132 Å². The molecule has 0 aromatic heterocycles. The number of nitrogens with two attached hydrogens (primary N) is 4. The molecule has 1 unspecified atom stereocenters. The molecular weight excluding hydrogens is 608 g/mol. The van der Waals surface area contributed by atoms with Crippen LogP contribution < -0.4 is 37.1 Å². The molecule has 0 saturated heterocycles. The maximum absolute atomic E-state index is 6.18. The van der Waals surface area contributed by atoms with Gasteiger partial charge >= 0.3 is 0 Å². The largest absolute Gasteiger partial charge is 0.494 e. The fourth-order valence-electron chi connectivity index (χ4n) is 5.20. The summed E-state index contributed by atoms with van der Waals surface area (Å²) >= 11 is 0. The predicted molar refractivity (Wildman–Crippen MR) is 208 cm³/mol. The van der Waals surface area contributed by atoms with Crippen molar-refractivity contribution >= 4 is 0 Å². The monoisotopic (exact) mass is 668 g/mol. The van der Waals surface area contributed by atoms with Gasteiger partial charge in [0.15, 0.2) is 0 Å². The minimum absolute atomic E-state index is 0.405. The number of hydrogen-bond acceptors (Lipinski definition) is 7. The molecule has 4 aromatic rings. The molecule has 0 spiro atoms. The number of rotatable bonds is 19. The zero-order valence-corrected chi connectivity index (χ0v) is 30.3. The summed E-state index contributed by atoms with van der Waals surface area (Å²) in [4.78, 5) is 0. The first-order valence-electron chi connectivity index (χ1n) is 18.1. The van der Waals surface area contributed by atoms with Crippen LogP contribution in [-0.4, -0.2) is 46.0 Å². The van der Waals surface area contributed by atoms with Gasteiger partial charge in [-0.05, 0) is 153 Å². The lowest BCUT2D eigenvalue weighted by Crippen LogP contribution is -2.07.